The Morgan fingerprint density at radius 3 is 2.76 bits per heavy atom. The maximum Gasteiger partial charge on any atom is 0.296 e. The topological polar surface area (TPSA) is 81.5 Å². The van der Waals surface area contributed by atoms with Crippen molar-refractivity contribution >= 4 is 17.3 Å². The Labute approximate surface area is 98.0 Å². The Morgan fingerprint density at radius 2 is 2.24 bits per heavy atom. The molecule has 6 nitrogen and oxygen atoms in total. The minimum atomic E-state index is -0.576. The number of amides is 1. The summed E-state index contributed by atoms with van der Waals surface area (Å²) in [5.74, 6) is -0.0542. The maximum absolute atomic E-state index is 11.3. The van der Waals surface area contributed by atoms with Gasteiger partial charge in [0.2, 0.25) is 5.91 Å². The lowest BCUT2D eigenvalue weighted by Crippen LogP contribution is -2.09. The van der Waals surface area contributed by atoms with Gasteiger partial charge in [0, 0.05) is 0 Å². The summed E-state index contributed by atoms with van der Waals surface area (Å²) in [5.41, 5.74) is -0.0684. The highest BCUT2D eigenvalue weighted by Crippen LogP contribution is 2.28. The molecule has 0 aliphatic carbocycles. The molecule has 0 aliphatic heterocycles. The van der Waals surface area contributed by atoms with Crippen LogP contribution < -0.4 is 10.1 Å². The van der Waals surface area contributed by atoms with Crippen molar-refractivity contribution in [3.8, 4) is 5.75 Å². The first-order valence-electron chi connectivity index (χ1n) is 4.84. The highest BCUT2D eigenvalue weighted by molar-refractivity contribution is 6.00. The van der Waals surface area contributed by atoms with Gasteiger partial charge in [0.25, 0.3) is 5.69 Å². The third kappa shape index (κ3) is 3.30. The number of rotatable bonds is 4. The number of hydrogen-bond donors (Lipinski definition) is 1. The Kier molecular flexibility index (Phi) is 4.21. The number of carbonyl (C=O) groups is 1. The van der Waals surface area contributed by atoms with Gasteiger partial charge in [0.15, 0.2) is 0 Å². The molecule has 1 aromatic carbocycles. The van der Waals surface area contributed by atoms with Crippen LogP contribution in [0.4, 0.5) is 11.4 Å². The average molecular weight is 236 g/mol. The molecule has 6 heteroatoms. The fourth-order valence-corrected chi connectivity index (χ4v) is 1.22. The Hall–Kier alpha value is -2.37. The summed E-state index contributed by atoms with van der Waals surface area (Å²) in [6.07, 6.45) is 2.83. The Morgan fingerprint density at radius 1 is 1.53 bits per heavy atom. The number of methoxy groups -OCH3 is 1. The third-order valence-electron chi connectivity index (χ3n) is 1.98. The first-order chi connectivity index (χ1) is 8.08. The van der Waals surface area contributed by atoms with Crippen LogP contribution >= 0.6 is 0 Å². The van der Waals surface area contributed by atoms with Crippen LogP contribution in [0, 0.1) is 10.1 Å². The summed E-state index contributed by atoms with van der Waals surface area (Å²) in [4.78, 5) is 21.5. The lowest BCUT2D eigenvalue weighted by atomic mass is 10.2. The lowest BCUT2D eigenvalue weighted by Gasteiger charge is -2.05. The number of allylic oxidation sites excluding steroid dienone is 1. The van der Waals surface area contributed by atoms with Crippen molar-refractivity contribution in [2.24, 2.45) is 0 Å². The predicted octanol–water partition coefficient (Wildman–Crippen LogP) is 2.12. The molecular weight excluding hydrogens is 224 g/mol. The van der Waals surface area contributed by atoms with Crippen LogP contribution in [-0.2, 0) is 4.79 Å². The second-order valence-corrected chi connectivity index (χ2v) is 3.13. The van der Waals surface area contributed by atoms with Crippen LogP contribution in [0.15, 0.2) is 30.4 Å². The lowest BCUT2D eigenvalue weighted by molar-refractivity contribution is -0.384. The van der Waals surface area contributed by atoms with E-state index in [4.69, 9.17) is 4.74 Å². The second kappa shape index (κ2) is 5.64. The summed E-state index contributed by atoms with van der Waals surface area (Å²) in [5, 5.41) is 13.2. The number of nitrogens with one attached hydrogen (secondary N) is 1. The molecular formula is C11H12N2O4. The zero-order valence-corrected chi connectivity index (χ0v) is 9.47. The normalized spacial score (nSPS) is 10.2. The van der Waals surface area contributed by atoms with Crippen molar-refractivity contribution in [1.29, 1.82) is 0 Å². The van der Waals surface area contributed by atoms with E-state index in [0.29, 0.717) is 5.75 Å². The number of benzene rings is 1. The van der Waals surface area contributed by atoms with Gasteiger partial charge in [-0.25, -0.2) is 0 Å². The number of nitro groups is 1. The van der Waals surface area contributed by atoms with E-state index < -0.39 is 10.8 Å². The summed E-state index contributed by atoms with van der Waals surface area (Å²) >= 11 is 0. The number of nitrogens with zero attached hydrogens (tertiary/aromatic N) is 1. The van der Waals surface area contributed by atoms with Gasteiger partial charge in [-0.15, -0.1) is 0 Å². The molecule has 0 bridgehead atoms. The first kappa shape index (κ1) is 12.7. The molecule has 17 heavy (non-hydrogen) atoms. The van der Waals surface area contributed by atoms with Crippen LogP contribution in [0.25, 0.3) is 0 Å². The zero-order chi connectivity index (χ0) is 12.8. The highest BCUT2D eigenvalue weighted by Gasteiger charge is 2.16. The Balaban J connectivity index is 3.06. The van der Waals surface area contributed by atoms with Crippen LogP contribution in [-0.4, -0.2) is 17.9 Å². The SMILES string of the molecule is C/C=C/C(=O)Nc1ccc(OC)cc1[N+](=O)[O-]. The molecule has 0 saturated heterocycles. The molecule has 1 amide bonds. The second-order valence-electron chi connectivity index (χ2n) is 3.13. The smallest absolute Gasteiger partial charge is 0.296 e. The molecule has 1 aromatic rings. The quantitative estimate of drug-likeness (QED) is 0.493. The minimum absolute atomic E-state index is 0.138. The standard InChI is InChI=1S/C11H12N2O4/c1-3-4-11(14)12-9-6-5-8(17-2)7-10(9)13(15)16/h3-7H,1-2H3,(H,12,14)/b4-3+. The summed E-state index contributed by atoms with van der Waals surface area (Å²) in [6, 6.07) is 4.22. The summed E-state index contributed by atoms with van der Waals surface area (Å²) < 4.78 is 4.88. The number of anilines is 1. The number of nitro benzene ring substituents is 1. The van der Waals surface area contributed by atoms with Crippen LogP contribution in [0.5, 0.6) is 5.75 Å². The van der Waals surface area contributed by atoms with Gasteiger partial charge in [0.1, 0.15) is 11.4 Å². The van der Waals surface area contributed by atoms with Gasteiger partial charge in [-0.05, 0) is 25.1 Å². The summed E-state index contributed by atoms with van der Waals surface area (Å²) in [7, 11) is 1.41. The van der Waals surface area contributed by atoms with Gasteiger partial charge < -0.3 is 10.1 Å². The monoisotopic (exact) mass is 236 g/mol. The zero-order valence-electron chi connectivity index (χ0n) is 9.47. The van der Waals surface area contributed by atoms with Crippen LogP contribution in [0.2, 0.25) is 0 Å². The first-order valence-corrected chi connectivity index (χ1v) is 4.84. The molecule has 0 spiro atoms. The molecule has 0 saturated carbocycles. The fourth-order valence-electron chi connectivity index (χ4n) is 1.22. The Bertz CT molecular complexity index is 469. The van der Waals surface area contributed by atoms with E-state index in [1.165, 1.54) is 31.4 Å². The van der Waals surface area contributed by atoms with Gasteiger partial charge >= 0.3 is 0 Å². The largest absolute Gasteiger partial charge is 0.496 e. The molecule has 0 fully saturated rings. The average Bonchev–Trinajstić information content (AvgIpc) is 2.29. The summed E-state index contributed by atoms with van der Waals surface area (Å²) in [6.45, 7) is 1.68. The number of carbonyl (C=O) groups excluding carboxylic acids is 1. The molecule has 0 aliphatic rings. The molecule has 0 aromatic heterocycles. The van der Waals surface area contributed by atoms with Gasteiger partial charge in [-0.1, -0.05) is 6.08 Å². The molecule has 0 atom stereocenters. The van der Waals surface area contributed by atoms with Gasteiger partial charge in [-0.2, -0.15) is 0 Å². The van der Waals surface area contributed by atoms with Crippen LogP contribution in [0.3, 0.4) is 0 Å². The molecule has 1 N–H and O–H groups in total. The van der Waals surface area contributed by atoms with E-state index in [1.54, 1.807) is 13.0 Å². The van der Waals surface area contributed by atoms with E-state index in [1.807, 2.05) is 0 Å². The number of ether oxygens (including phenoxy) is 1. The maximum atomic E-state index is 11.3. The van der Waals surface area contributed by atoms with Crippen molar-refractivity contribution in [1.82, 2.24) is 0 Å². The van der Waals surface area contributed by atoms with Gasteiger partial charge in [0.05, 0.1) is 18.1 Å². The van der Waals surface area contributed by atoms with E-state index in [-0.39, 0.29) is 11.4 Å². The number of hydrogen-bond acceptors (Lipinski definition) is 4. The van der Waals surface area contributed by atoms with Crippen molar-refractivity contribution < 1.29 is 14.5 Å². The fraction of sp³-hybridized carbons (Fsp3) is 0.182. The molecule has 0 radical (unpaired) electrons. The predicted molar refractivity (Wildman–Crippen MR) is 63.1 cm³/mol. The van der Waals surface area contributed by atoms with Crippen molar-refractivity contribution in [2.75, 3.05) is 12.4 Å². The van der Waals surface area contributed by atoms with Crippen molar-refractivity contribution in [3.05, 3.63) is 40.5 Å². The van der Waals surface area contributed by atoms with Crippen molar-refractivity contribution in [3.63, 3.8) is 0 Å². The molecule has 1 rings (SSSR count). The molecule has 90 valence electrons. The molecule has 0 unspecified atom stereocenters. The van der Waals surface area contributed by atoms with Crippen molar-refractivity contribution in [2.45, 2.75) is 6.92 Å². The van der Waals surface area contributed by atoms with Crippen LogP contribution in [0.1, 0.15) is 6.92 Å². The van der Waals surface area contributed by atoms with E-state index in [2.05, 4.69) is 5.32 Å². The van der Waals surface area contributed by atoms with E-state index >= 15 is 0 Å². The highest BCUT2D eigenvalue weighted by atomic mass is 16.6. The minimum Gasteiger partial charge on any atom is -0.496 e. The van der Waals surface area contributed by atoms with E-state index in [9.17, 15) is 14.9 Å². The third-order valence-corrected chi connectivity index (χ3v) is 1.98. The van der Waals surface area contributed by atoms with Gasteiger partial charge in [-0.3, -0.25) is 14.9 Å². The van der Waals surface area contributed by atoms with E-state index in [0.717, 1.165) is 0 Å². The molecule has 0 heterocycles.